The lowest BCUT2D eigenvalue weighted by atomic mass is 10.2. The molecule has 0 fully saturated rings. The molecule has 0 aliphatic carbocycles. The number of esters is 1. The number of fused-ring (bicyclic) bond motifs is 3. The Bertz CT molecular complexity index is 1060. The minimum absolute atomic E-state index is 0.229. The SMILES string of the molecule is O=C(OCCn1c2ccccc2c2ncnc(Cl)c21)c1ccccc1. The summed E-state index contributed by atoms with van der Waals surface area (Å²) in [5.41, 5.74) is 3.06. The van der Waals surface area contributed by atoms with Crippen molar-refractivity contribution in [3.8, 4) is 0 Å². The van der Waals surface area contributed by atoms with Gasteiger partial charge in [0.2, 0.25) is 0 Å². The molecular weight excluding hydrogens is 338 g/mol. The van der Waals surface area contributed by atoms with Gasteiger partial charge in [-0.05, 0) is 18.2 Å². The highest BCUT2D eigenvalue weighted by molar-refractivity contribution is 6.34. The standard InChI is InChI=1S/C19H14ClN3O2/c20-18-17-16(21-12-22-18)14-8-4-5-9-15(14)23(17)10-11-25-19(24)13-6-2-1-3-7-13/h1-9,12H,10-11H2. The van der Waals surface area contributed by atoms with Crippen molar-refractivity contribution in [2.45, 2.75) is 6.54 Å². The highest BCUT2D eigenvalue weighted by Crippen LogP contribution is 2.30. The van der Waals surface area contributed by atoms with Crippen LogP contribution in [0.2, 0.25) is 5.15 Å². The van der Waals surface area contributed by atoms with Crippen molar-refractivity contribution >= 4 is 39.5 Å². The number of nitrogens with zero attached hydrogens (tertiary/aromatic N) is 3. The van der Waals surface area contributed by atoms with Gasteiger partial charge >= 0.3 is 5.97 Å². The Labute approximate surface area is 148 Å². The number of ether oxygens (including phenoxy) is 1. The Kier molecular flexibility index (Phi) is 4.07. The first-order valence-corrected chi connectivity index (χ1v) is 8.23. The zero-order chi connectivity index (χ0) is 17.2. The fraction of sp³-hybridized carbons (Fsp3) is 0.105. The van der Waals surface area contributed by atoms with Crippen LogP contribution in [0.4, 0.5) is 0 Å². The third-order valence-corrected chi connectivity index (χ3v) is 4.33. The second kappa shape index (κ2) is 6.53. The van der Waals surface area contributed by atoms with Crippen molar-refractivity contribution < 1.29 is 9.53 Å². The first kappa shape index (κ1) is 15.6. The van der Waals surface area contributed by atoms with Gasteiger partial charge in [0, 0.05) is 5.39 Å². The van der Waals surface area contributed by atoms with Crippen molar-refractivity contribution in [2.24, 2.45) is 0 Å². The zero-order valence-electron chi connectivity index (χ0n) is 13.2. The summed E-state index contributed by atoms with van der Waals surface area (Å²) in [6, 6.07) is 16.8. The average molecular weight is 352 g/mol. The van der Waals surface area contributed by atoms with Crippen molar-refractivity contribution in [3.63, 3.8) is 0 Å². The summed E-state index contributed by atoms with van der Waals surface area (Å²) in [4.78, 5) is 20.5. The summed E-state index contributed by atoms with van der Waals surface area (Å²) in [5, 5.41) is 1.38. The average Bonchev–Trinajstić information content (AvgIpc) is 2.98. The number of hydrogen-bond acceptors (Lipinski definition) is 4. The van der Waals surface area contributed by atoms with Gasteiger partial charge in [0.15, 0.2) is 5.15 Å². The van der Waals surface area contributed by atoms with E-state index in [1.807, 2.05) is 34.9 Å². The van der Waals surface area contributed by atoms with Crippen LogP contribution >= 0.6 is 11.6 Å². The fourth-order valence-electron chi connectivity index (χ4n) is 2.94. The van der Waals surface area contributed by atoms with Crippen LogP contribution < -0.4 is 0 Å². The minimum atomic E-state index is -0.344. The fourth-order valence-corrected chi connectivity index (χ4v) is 3.18. The predicted molar refractivity (Wildman–Crippen MR) is 96.8 cm³/mol. The van der Waals surface area contributed by atoms with Gasteiger partial charge in [0.05, 0.1) is 17.6 Å². The Morgan fingerprint density at radius 1 is 1.04 bits per heavy atom. The lowest BCUT2D eigenvalue weighted by molar-refractivity contribution is 0.0493. The van der Waals surface area contributed by atoms with E-state index in [0.717, 1.165) is 21.9 Å². The van der Waals surface area contributed by atoms with E-state index in [9.17, 15) is 4.79 Å². The summed E-state index contributed by atoms with van der Waals surface area (Å²) in [6.45, 7) is 0.697. The molecule has 2 heterocycles. The molecule has 0 N–H and O–H groups in total. The van der Waals surface area contributed by atoms with Crippen molar-refractivity contribution in [3.05, 3.63) is 71.6 Å². The van der Waals surface area contributed by atoms with E-state index in [2.05, 4.69) is 9.97 Å². The van der Waals surface area contributed by atoms with Crippen LogP contribution in [0.1, 0.15) is 10.4 Å². The topological polar surface area (TPSA) is 57.0 Å². The van der Waals surface area contributed by atoms with Crippen molar-refractivity contribution in [1.29, 1.82) is 0 Å². The summed E-state index contributed by atoms with van der Waals surface area (Å²) < 4.78 is 7.39. The normalized spacial score (nSPS) is 11.1. The Hall–Kier alpha value is -2.92. The monoisotopic (exact) mass is 351 g/mol. The highest BCUT2D eigenvalue weighted by atomic mass is 35.5. The van der Waals surface area contributed by atoms with Gasteiger partial charge in [-0.25, -0.2) is 14.8 Å². The third kappa shape index (κ3) is 2.83. The molecule has 0 amide bonds. The van der Waals surface area contributed by atoms with Gasteiger partial charge in [-0.15, -0.1) is 0 Å². The molecule has 2 aromatic heterocycles. The molecule has 0 spiro atoms. The smallest absolute Gasteiger partial charge is 0.338 e. The molecule has 0 saturated carbocycles. The molecule has 2 aromatic carbocycles. The number of carbonyl (C=O) groups is 1. The number of hydrogen-bond donors (Lipinski definition) is 0. The quantitative estimate of drug-likeness (QED) is 0.410. The maximum absolute atomic E-state index is 12.1. The molecule has 4 aromatic rings. The van der Waals surface area contributed by atoms with Crippen molar-refractivity contribution in [1.82, 2.24) is 14.5 Å². The number of benzene rings is 2. The number of carbonyl (C=O) groups excluding carboxylic acids is 1. The molecule has 0 radical (unpaired) electrons. The molecule has 0 aliphatic heterocycles. The number of para-hydroxylation sites is 1. The Morgan fingerprint density at radius 2 is 1.80 bits per heavy atom. The van der Waals surface area contributed by atoms with Crippen LogP contribution in [0.15, 0.2) is 60.9 Å². The largest absolute Gasteiger partial charge is 0.460 e. The van der Waals surface area contributed by atoms with Gasteiger partial charge in [0.25, 0.3) is 0 Å². The molecule has 4 rings (SSSR count). The summed E-state index contributed by atoms with van der Waals surface area (Å²) >= 11 is 6.29. The van der Waals surface area contributed by atoms with Crippen LogP contribution in [0.3, 0.4) is 0 Å². The van der Waals surface area contributed by atoms with Crippen LogP contribution in [-0.4, -0.2) is 27.1 Å². The zero-order valence-corrected chi connectivity index (χ0v) is 14.0. The molecule has 0 atom stereocenters. The van der Waals surface area contributed by atoms with E-state index in [-0.39, 0.29) is 12.6 Å². The number of aromatic nitrogens is 3. The second-order valence-electron chi connectivity index (χ2n) is 5.53. The van der Waals surface area contributed by atoms with Crippen molar-refractivity contribution in [2.75, 3.05) is 6.61 Å². The lowest BCUT2D eigenvalue weighted by Crippen LogP contribution is -2.11. The molecular formula is C19H14ClN3O2. The van der Waals surface area contributed by atoms with E-state index in [0.29, 0.717) is 17.3 Å². The van der Waals surface area contributed by atoms with Crippen LogP contribution in [-0.2, 0) is 11.3 Å². The Balaban J connectivity index is 1.64. The molecule has 0 aliphatic rings. The molecule has 5 nitrogen and oxygen atoms in total. The summed E-state index contributed by atoms with van der Waals surface area (Å²) in [6.07, 6.45) is 1.46. The predicted octanol–water partition coefficient (Wildman–Crippen LogP) is 4.09. The van der Waals surface area contributed by atoms with E-state index >= 15 is 0 Å². The van der Waals surface area contributed by atoms with Crippen LogP contribution in [0, 0.1) is 0 Å². The third-order valence-electron chi connectivity index (χ3n) is 4.06. The molecule has 0 bridgehead atoms. The Morgan fingerprint density at radius 3 is 2.64 bits per heavy atom. The first-order chi connectivity index (χ1) is 12.3. The lowest BCUT2D eigenvalue weighted by Gasteiger charge is -2.09. The molecule has 6 heteroatoms. The highest BCUT2D eigenvalue weighted by Gasteiger charge is 2.15. The summed E-state index contributed by atoms with van der Waals surface area (Å²) in [5.74, 6) is -0.344. The van der Waals surface area contributed by atoms with E-state index in [1.165, 1.54) is 6.33 Å². The molecule has 124 valence electrons. The van der Waals surface area contributed by atoms with Gasteiger partial charge in [0.1, 0.15) is 24.0 Å². The molecule has 0 saturated heterocycles. The number of rotatable bonds is 4. The van der Waals surface area contributed by atoms with Gasteiger partial charge in [-0.2, -0.15) is 0 Å². The first-order valence-electron chi connectivity index (χ1n) is 7.85. The van der Waals surface area contributed by atoms with E-state index in [1.54, 1.807) is 24.3 Å². The van der Waals surface area contributed by atoms with Crippen LogP contribution in [0.5, 0.6) is 0 Å². The minimum Gasteiger partial charge on any atom is -0.460 e. The van der Waals surface area contributed by atoms with Crippen LogP contribution in [0.25, 0.3) is 21.9 Å². The second-order valence-corrected chi connectivity index (χ2v) is 5.89. The van der Waals surface area contributed by atoms with Gasteiger partial charge in [-0.1, -0.05) is 48.0 Å². The van der Waals surface area contributed by atoms with E-state index in [4.69, 9.17) is 16.3 Å². The molecule has 25 heavy (non-hydrogen) atoms. The van der Waals surface area contributed by atoms with E-state index < -0.39 is 0 Å². The maximum atomic E-state index is 12.1. The number of halogens is 1. The maximum Gasteiger partial charge on any atom is 0.338 e. The van der Waals surface area contributed by atoms with Gasteiger partial charge < -0.3 is 9.30 Å². The van der Waals surface area contributed by atoms with Gasteiger partial charge in [-0.3, -0.25) is 0 Å². The molecule has 0 unspecified atom stereocenters. The summed E-state index contributed by atoms with van der Waals surface area (Å²) in [7, 11) is 0.